The third-order valence-electron chi connectivity index (χ3n) is 7.18. The highest BCUT2D eigenvalue weighted by Gasteiger charge is 2.41. The highest BCUT2D eigenvalue weighted by molar-refractivity contribution is 7.99. The Bertz CT molecular complexity index is 1290. The molecule has 0 saturated carbocycles. The lowest BCUT2D eigenvalue weighted by atomic mass is 9.74. The number of ether oxygens (including phenoxy) is 1. The van der Waals surface area contributed by atoms with Crippen molar-refractivity contribution in [3.63, 3.8) is 0 Å². The van der Waals surface area contributed by atoms with E-state index in [9.17, 15) is 32.6 Å². The fourth-order valence-electron chi connectivity index (χ4n) is 4.91. The summed E-state index contributed by atoms with van der Waals surface area (Å²) in [4.78, 5) is 18.1. The summed E-state index contributed by atoms with van der Waals surface area (Å²) in [6.45, 7) is 1.36. The van der Waals surface area contributed by atoms with E-state index < -0.39 is 40.8 Å². The van der Waals surface area contributed by atoms with Gasteiger partial charge in [0.25, 0.3) is 0 Å². The Labute approximate surface area is 221 Å². The fourth-order valence-corrected chi connectivity index (χ4v) is 5.86. The van der Waals surface area contributed by atoms with Crippen LogP contribution in [0.1, 0.15) is 37.4 Å². The Morgan fingerprint density at radius 2 is 1.82 bits per heavy atom. The van der Waals surface area contributed by atoms with Gasteiger partial charge in [0.05, 0.1) is 35.2 Å². The molecule has 3 aromatic rings. The molecule has 2 heterocycles. The number of halogens is 4. The van der Waals surface area contributed by atoms with Crippen LogP contribution in [0.25, 0.3) is 10.9 Å². The number of aliphatic carboxylic acids is 1. The standard InChI is InChI=1S/C27H28F4N2O4S/c1-37-17-2-3-22-18(14-17)24(21(31)15-32-22)23(34)4-5-27(26(35)36)6-8-33(9-7-27)10-11-38-25-19(29)12-16(28)13-20(25)30/h2-3,12-15,23,34H,4-11H2,1H3,(H,35,36)/t23-/m1/s1. The van der Waals surface area contributed by atoms with Crippen molar-refractivity contribution < 1.29 is 37.3 Å². The number of likely N-dealkylation sites (tertiary alicyclic amines) is 1. The van der Waals surface area contributed by atoms with Crippen LogP contribution in [0, 0.1) is 28.7 Å². The van der Waals surface area contributed by atoms with Gasteiger partial charge in [0.1, 0.15) is 29.0 Å². The molecule has 1 fully saturated rings. The molecule has 0 radical (unpaired) electrons. The number of hydrogen-bond donors (Lipinski definition) is 2. The van der Waals surface area contributed by atoms with E-state index in [1.54, 1.807) is 18.2 Å². The third kappa shape index (κ3) is 6.05. The SMILES string of the molecule is COc1ccc2ncc(F)c([C@H](O)CCC3(C(=O)O)CCN(CCSc4c(F)cc(F)cc4F)CC3)c2c1. The average molecular weight is 553 g/mol. The Balaban J connectivity index is 1.37. The van der Waals surface area contributed by atoms with Crippen molar-refractivity contribution >= 4 is 28.6 Å². The number of nitrogens with zero attached hydrogens (tertiary/aromatic N) is 2. The van der Waals surface area contributed by atoms with Crippen LogP contribution in [-0.4, -0.2) is 58.6 Å². The molecular weight excluding hydrogens is 524 g/mol. The minimum atomic E-state index is -1.24. The first-order valence-electron chi connectivity index (χ1n) is 12.2. The van der Waals surface area contributed by atoms with E-state index in [-0.39, 0.29) is 23.3 Å². The first kappa shape index (κ1) is 28.1. The van der Waals surface area contributed by atoms with E-state index in [1.807, 2.05) is 4.90 Å². The van der Waals surface area contributed by atoms with Gasteiger partial charge in [0.15, 0.2) is 0 Å². The Hall–Kier alpha value is -2.89. The second-order valence-electron chi connectivity index (χ2n) is 9.43. The van der Waals surface area contributed by atoms with Crippen LogP contribution in [0.4, 0.5) is 17.6 Å². The van der Waals surface area contributed by atoms with Gasteiger partial charge in [-0.15, -0.1) is 11.8 Å². The molecule has 0 spiro atoms. The summed E-state index contributed by atoms with van der Waals surface area (Å²) in [5, 5.41) is 21.4. The van der Waals surface area contributed by atoms with E-state index in [0.29, 0.717) is 67.0 Å². The molecule has 1 saturated heterocycles. The third-order valence-corrected chi connectivity index (χ3v) is 8.25. The lowest BCUT2D eigenvalue weighted by Gasteiger charge is -2.39. The normalized spacial score (nSPS) is 16.5. The van der Waals surface area contributed by atoms with Crippen molar-refractivity contribution in [2.45, 2.75) is 36.7 Å². The number of rotatable bonds is 10. The second-order valence-corrected chi connectivity index (χ2v) is 10.5. The molecule has 1 aromatic heterocycles. The first-order valence-corrected chi connectivity index (χ1v) is 13.2. The van der Waals surface area contributed by atoms with E-state index in [4.69, 9.17) is 4.74 Å². The predicted molar refractivity (Wildman–Crippen MR) is 135 cm³/mol. The van der Waals surface area contributed by atoms with E-state index in [2.05, 4.69) is 4.98 Å². The highest BCUT2D eigenvalue weighted by Crippen LogP contribution is 2.40. The molecule has 11 heteroatoms. The fraction of sp³-hybridized carbons (Fsp3) is 0.407. The molecule has 4 rings (SSSR count). The van der Waals surface area contributed by atoms with Crippen molar-refractivity contribution in [3.8, 4) is 5.75 Å². The topological polar surface area (TPSA) is 82.9 Å². The number of aliphatic hydroxyl groups excluding tert-OH is 1. The number of hydrogen-bond acceptors (Lipinski definition) is 6. The van der Waals surface area contributed by atoms with Gasteiger partial charge in [-0.3, -0.25) is 9.78 Å². The van der Waals surface area contributed by atoms with Crippen molar-refractivity contribution in [1.82, 2.24) is 9.88 Å². The number of aliphatic hydroxyl groups is 1. The molecule has 0 unspecified atom stereocenters. The highest BCUT2D eigenvalue weighted by atomic mass is 32.2. The van der Waals surface area contributed by atoms with E-state index in [1.165, 1.54) is 7.11 Å². The number of pyridine rings is 1. The molecule has 204 valence electrons. The van der Waals surface area contributed by atoms with E-state index >= 15 is 0 Å². The lowest BCUT2D eigenvalue weighted by Crippen LogP contribution is -2.45. The second kappa shape index (κ2) is 11.9. The minimum absolute atomic E-state index is 0.0402. The van der Waals surface area contributed by atoms with Crippen molar-refractivity contribution in [2.75, 3.05) is 32.5 Å². The number of piperidine rings is 1. The maximum Gasteiger partial charge on any atom is 0.309 e. The molecule has 1 atom stereocenters. The molecule has 0 amide bonds. The quantitative estimate of drug-likeness (QED) is 0.251. The number of aromatic nitrogens is 1. The summed E-state index contributed by atoms with van der Waals surface area (Å²) in [5.74, 6) is -3.71. The number of benzene rings is 2. The van der Waals surface area contributed by atoms with Crippen LogP contribution in [0.3, 0.4) is 0 Å². The zero-order valence-corrected chi connectivity index (χ0v) is 21.5. The van der Waals surface area contributed by atoms with Gasteiger partial charge in [-0.25, -0.2) is 17.6 Å². The number of carboxylic acid groups (broad SMARTS) is 1. The van der Waals surface area contributed by atoms with Gasteiger partial charge in [-0.1, -0.05) is 0 Å². The maximum atomic E-state index is 14.7. The summed E-state index contributed by atoms with van der Waals surface area (Å²) in [6, 6.07) is 6.21. The van der Waals surface area contributed by atoms with Gasteiger partial charge in [0, 0.05) is 35.4 Å². The summed E-state index contributed by atoms with van der Waals surface area (Å²) in [5.41, 5.74) is -0.540. The van der Waals surface area contributed by atoms with Gasteiger partial charge < -0.3 is 19.8 Å². The minimum Gasteiger partial charge on any atom is -0.497 e. The smallest absolute Gasteiger partial charge is 0.309 e. The lowest BCUT2D eigenvalue weighted by molar-refractivity contribution is -0.153. The summed E-state index contributed by atoms with van der Waals surface area (Å²) < 4.78 is 60.8. The van der Waals surface area contributed by atoms with Crippen molar-refractivity contribution in [3.05, 3.63) is 65.4 Å². The molecule has 0 bridgehead atoms. The molecule has 2 aromatic carbocycles. The summed E-state index contributed by atoms with van der Waals surface area (Å²) >= 11 is 0.942. The maximum absolute atomic E-state index is 14.7. The van der Waals surface area contributed by atoms with Gasteiger partial charge >= 0.3 is 5.97 Å². The predicted octanol–water partition coefficient (Wildman–Crippen LogP) is 5.57. The molecule has 38 heavy (non-hydrogen) atoms. The zero-order valence-electron chi connectivity index (χ0n) is 20.7. The Kier molecular flexibility index (Phi) is 8.79. The number of carbonyl (C=O) groups is 1. The molecule has 0 aliphatic carbocycles. The molecule has 2 N–H and O–H groups in total. The zero-order chi connectivity index (χ0) is 27.4. The Morgan fingerprint density at radius 1 is 1.13 bits per heavy atom. The van der Waals surface area contributed by atoms with Crippen molar-refractivity contribution in [2.24, 2.45) is 5.41 Å². The van der Waals surface area contributed by atoms with Crippen molar-refractivity contribution in [1.29, 1.82) is 0 Å². The molecule has 1 aliphatic rings. The van der Waals surface area contributed by atoms with E-state index in [0.717, 1.165) is 18.0 Å². The van der Waals surface area contributed by atoms with Crippen LogP contribution in [0.5, 0.6) is 5.75 Å². The number of carboxylic acids is 1. The van der Waals surface area contributed by atoms with Gasteiger partial charge in [-0.05, 0) is 57.0 Å². The first-order chi connectivity index (χ1) is 18.1. The number of methoxy groups -OCH3 is 1. The van der Waals surface area contributed by atoms with Crippen LogP contribution in [0.2, 0.25) is 0 Å². The molecule has 6 nitrogen and oxygen atoms in total. The number of thioether (sulfide) groups is 1. The summed E-state index contributed by atoms with van der Waals surface area (Å²) in [7, 11) is 1.48. The summed E-state index contributed by atoms with van der Waals surface area (Å²) in [6.07, 6.45) is 0.613. The average Bonchev–Trinajstić information content (AvgIpc) is 2.89. The van der Waals surface area contributed by atoms with Crippen LogP contribution in [0.15, 0.2) is 41.4 Å². The largest absolute Gasteiger partial charge is 0.497 e. The Morgan fingerprint density at radius 3 is 2.45 bits per heavy atom. The van der Waals surface area contributed by atoms with Crippen LogP contribution < -0.4 is 4.74 Å². The van der Waals surface area contributed by atoms with Gasteiger partial charge in [0.2, 0.25) is 0 Å². The number of fused-ring (bicyclic) bond motifs is 1. The molecular formula is C27H28F4N2O4S. The van der Waals surface area contributed by atoms with Gasteiger partial charge in [-0.2, -0.15) is 0 Å². The van der Waals surface area contributed by atoms with Crippen LogP contribution >= 0.6 is 11.8 Å². The van der Waals surface area contributed by atoms with Crippen LogP contribution in [-0.2, 0) is 4.79 Å². The monoisotopic (exact) mass is 552 g/mol. The molecule has 1 aliphatic heterocycles.